The molecule has 0 aromatic heterocycles. The molecule has 2 aliphatic rings. The molecule has 0 aliphatic carbocycles. The molecule has 4 nitrogen and oxygen atoms in total. The van der Waals surface area contributed by atoms with Gasteiger partial charge in [0, 0.05) is 0 Å². The van der Waals surface area contributed by atoms with Crippen molar-refractivity contribution in [3.05, 3.63) is 38.1 Å². The van der Waals surface area contributed by atoms with E-state index in [0.717, 1.165) is 0 Å². The van der Waals surface area contributed by atoms with Crippen molar-refractivity contribution in [2.24, 2.45) is 0 Å². The summed E-state index contributed by atoms with van der Waals surface area (Å²) in [6, 6.07) is 2.26. The maximum atomic E-state index is 2.21. The molecule has 0 amide bonds. The van der Waals surface area contributed by atoms with Gasteiger partial charge in [-0.05, 0) is 104 Å². The van der Waals surface area contributed by atoms with Crippen molar-refractivity contribution in [3.63, 3.8) is 0 Å². The van der Waals surface area contributed by atoms with Crippen molar-refractivity contribution in [1.29, 1.82) is 0 Å². The summed E-state index contributed by atoms with van der Waals surface area (Å²) < 4.78 is 0. The van der Waals surface area contributed by atoms with Gasteiger partial charge in [0.15, 0.2) is 0 Å². The third-order valence-corrected chi connectivity index (χ3v) is 3.74. The van der Waals surface area contributed by atoms with Crippen LogP contribution in [0.15, 0.2) is 24.8 Å². The Labute approximate surface area is 181 Å². The first kappa shape index (κ1) is 29.6. The van der Waals surface area contributed by atoms with Crippen LogP contribution in [-0.2, 0) is 19.5 Å². The molecule has 2 aliphatic heterocycles. The predicted molar refractivity (Wildman–Crippen MR) is 109 cm³/mol. The van der Waals surface area contributed by atoms with Crippen LogP contribution in [0.5, 0.6) is 0 Å². The van der Waals surface area contributed by atoms with Crippen molar-refractivity contribution in [1.82, 2.24) is 19.6 Å². The third-order valence-electron chi connectivity index (χ3n) is 3.74. The molecule has 0 saturated carbocycles. The van der Waals surface area contributed by atoms with Gasteiger partial charge in [0.1, 0.15) is 0 Å². The van der Waals surface area contributed by atoms with E-state index in [2.05, 4.69) is 113 Å². The summed E-state index contributed by atoms with van der Waals surface area (Å²) in [5, 5.41) is 0. The van der Waals surface area contributed by atoms with Gasteiger partial charge in [0.05, 0.1) is 0 Å². The van der Waals surface area contributed by atoms with E-state index in [1.54, 1.807) is 0 Å². The second-order valence-corrected chi connectivity index (χ2v) is 6.99. The first-order valence-electron chi connectivity index (χ1n) is 8.38. The van der Waals surface area contributed by atoms with Crippen molar-refractivity contribution in [2.75, 3.05) is 0 Å². The number of hydrogen-bond donors (Lipinski definition) is 0. The van der Waals surface area contributed by atoms with Gasteiger partial charge < -0.3 is 19.6 Å². The van der Waals surface area contributed by atoms with Crippen LogP contribution < -0.4 is 0 Å². The Bertz CT molecular complexity index is 319. The molecule has 0 N–H and O–H groups in total. The van der Waals surface area contributed by atoms with Crippen molar-refractivity contribution < 1.29 is 19.5 Å². The Morgan fingerprint density at radius 3 is 0.720 bits per heavy atom. The molecule has 0 aromatic carbocycles. The van der Waals surface area contributed by atoms with E-state index in [0.29, 0.717) is 24.2 Å². The summed E-state index contributed by atoms with van der Waals surface area (Å²) in [6.45, 7) is 21.8. The summed E-state index contributed by atoms with van der Waals surface area (Å²) in [4.78, 5) is 8.83. The quantitative estimate of drug-likeness (QED) is 0.421. The first-order valence-corrected chi connectivity index (χ1v) is 8.38. The fraction of sp³-hybridized carbons (Fsp3) is 0.667. The van der Waals surface area contributed by atoms with E-state index in [4.69, 9.17) is 0 Å². The largest absolute Gasteiger partial charge is 2.00 e. The molecular formula is C18H36Cl2N4Ru. The van der Waals surface area contributed by atoms with E-state index >= 15 is 0 Å². The molecule has 25 heavy (non-hydrogen) atoms. The number of halogens is 2. The monoisotopic (exact) mass is 480 g/mol. The van der Waals surface area contributed by atoms with Crippen LogP contribution in [0, 0.1) is 13.3 Å². The van der Waals surface area contributed by atoms with Crippen LogP contribution >= 0.6 is 24.8 Å². The Kier molecular flexibility index (Phi) is 16.6. The van der Waals surface area contributed by atoms with Gasteiger partial charge in [-0.25, -0.2) is 0 Å². The molecule has 0 spiro atoms. The zero-order valence-corrected chi connectivity index (χ0v) is 20.1. The molecule has 7 heteroatoms. The zero-order chi connectivity index (χ0) is 16.9. The third kappa shape index (κ3) is 9.96. The maximum Gasteiger partial charge on any atom is 2.00 e. The van der Waals surface area contributed by atoms with Crippen molar-refractivity contribution >= 4 is 24.8 Å². The molecule has 150 valence electrons. The van der Waals surface area contributed by atoms with Gasteiger partial charge in [-0.15, -0.1) is 24.8 Å². The average Bonchev–Trinajstić information content (AvgIpc) is 3.09. The minimum atomic E-state index is 0. The molecule has 0 radical (unpaired) electrons. The van der Waals surface area contributed by atoms with E-state index in [9.17, 15) is 0 Å². The number of rotatable bonds is 4. The van der Waals surface area contributed by atoms with Gasteiger partial charge >= 0.3 is 19.5 Å². The summed E-state index contributed by atoms with van der Waals surface area (Å²) >= 11 is 0. The van der Waals surface area contributed by atoms with E-state index in [1.165, 1.54) is 0 Å². The van der Waals surface area contributed by atoms with Crippen LogP contribution in [0.4, 0.5) is 0 Å². The van der Waals surface area contributed by atoms with Gasteiger partial charge in [-0.1, -0.05) is 0 Å². The fourth-order valence-corrected chi connectivity index (χ4v) is 1.99. The first-order chi connectivity index (χ1) is 10.2. The van der Waals surface area contributed by atoms with Gasteiger partial charge in [0.25, 0.3) is 0 Å². The van der Waals surface area contributed by atoms with Crippen LogP contribution in [0.1, 0.15) is 55.4 Å². The zero-order valence-electron chi connectivity index (χ0n) is 16.7. The average molecular weight is 480 g/mol. The van der Waals surface area contributed by atoms with Crippen LogP contribution in [0.25, 0.3) is 0 Å². The smallest absolute Gasteiger partial charge is 0.506 e. The van der Waals surface area contributed by atoms with E-state index < -0.39 is 0 Å². The fourth-order valence-electron chi connectivity index (χ4n) is 1.99. The van der Waals surface area contributed by atoms with Gasteiger partial charge in [-0.3, -0.25) is 0 Å². The Balaban J connectivity index is -0.000000346. The second kappa shape index (κ2) is 14.0. The number of nitrogens with zero attached hydrogens (tertiary/aromatic N) is 4. The summed E-state index contributed by atoms with van der Waals surface area (Å²) in [5.41, 5.74) is 0. The van der Waals surface area contributed by atoms with Gasteiger partial charge in [0.2, 0.25) is 0 Å². The molecular weight excluding hydrogens is 444 g/mol. The molecule has 2 heterocycles. The molecule has 2 rings (SSSR count). The standard InChI is InChI=1S/2C9H17N2.2ClH.Ru/c2*1-8(2)10-5-6-11(7-10)9(3)4;;;/h2*5-9H,1-4H3;2*1H;/q2*-1;;;+2. The van der Waals surface area contributed by atoms with Gasteiger partial charge in [-0.2, -0.15) is 13.3 Å². The molecule has 0 aromatic rings. The minimum Gasteiger partial charge on any atom is -0.506 e. The summed E-state index contributed by atoms with van der Waals surface area (Å²) in [6.07, 6.45) is 8.46. The molecule has 0 bridgehead atoms. The maximum absolute atomic E-state index is 2.21. The molecule has 0 unspecified atom stereocenters. The Hall–Kier alpha value is -0.117. The Morgan fingerprint density at radius 2 is 0.640 bits per heavy atom. The van der Waals surface area contributed by atoms with Crippen molar-refractivity contribution in [2.45, 2.75) is 79.6 Å². The van der Waals surface area contributed by atoms with E-state index in [-0.39, 0.29) is 44.3 Å². The van der Waals surface area contributed by atoms with Crippen LogP contribution in [0.3, 0.4) is 0 Å². The summed E-state index contributed by atoms with van der Waals surface area (Å²) in [7, 11) is 0. The SMILES string of the molecule is CC(C)N1C=CN(C(C)C)[CH-]1.CC(C)N1C=CN(C(C)C)[CH-]1.Cl.Cl.[Ru+2]. The Morgan fingerprint density at radius 1 is 0.480 bits per heavy atom. The molecule has 0 saturated heterocycles. The van der Waals surface area contributed by atoms with Crippen LogP contribution in [-0.4, -0.2) is 43.8 Å². The minimum absolute atomic E-state index is 0. The number of hydrogen-bond acceptors (Lipinski definition) is 4. The molecule has 0 atom stereocenters. The summed E-state index contributed by atoms with van der Waals surface area (Å²) in [5.74, 6) is 0. The normalized spacial score (nSPS) is 15.5. The van der Waals surface area contributed by atoms with Crippen LogP contribution in [0.2, 0.25) is 0 Å². The topological polar surface area (TPSA) is 13.0 Å². The second-order valence-electron chi connectivity index (χ2n) is 6.99. The van der Waals surface area contributed by atoms with Crippen molar-refractivity contribution in [3.8, 4) is 0 Å². The van der Waals surface area contributed by atoms with E-state index in [1.807, 2.05) is 0 Å². The predicted octanol–water partition coefficient (Wildman–Crippen LogP) is 4.86. The molecule has 0 fully saturated rings.